The van der Waals surface area contributed by atoms with Crippen LogP contribution in [-0.2, 0) is 6.54 Å². The quantitative estimate of drug-likeness (QED) is 0.669. The van der Waals surface area contributed by atoms with Gasteiger partial charge in [-0.1, -0.05) is 30.3 Å². The van der Waals surface area contributed by atoms with Gasteiger partial charge in [-0.25, -0.2) is 0 Å². The van der Waals surface area contributed by atoms with Crippen molar-refractivity contribution >= 4 is 35.0 Å². The van der Waals surface area contributed by atoms with Gasteiger partial charge in [0.2, 0.25) is 0 Å². The third kappa shape index (κ3) is 4.62. The van der Waals surface area contributed by atoms with Crippen LogP contribution >= 0.6 is 12.4 Å². The number of carbonyl (C=O) groups is 1. The Hall–Kier alpha value is -2.50. The van der Waals surface area contributed by atoms with Gasteiger partial charge in [0.05, 0.1) is 0 Å². The predicted octanol–water partition coefficient (Wildman–Crippen LogP) is 3.83. The first-order chi connectivity index (χ1) is 12.7. The van der Waals surface area contributed by atoms with E-state index in [9.17, 15) is 4.79 Å². The molecule has 1 unspecified atom stereocenters. The van der Waals surface area contributed by atoms with Crippen LogP contribution in [0, 0.1) is 0 Å². The van der Waals surface area contributed by atoms with Gasteiger partial charge in [-0.3, -0.25) is 9.69 Å². The number of fused-ring (bicyclic) bond motifs is 1. The summed E-state index contributed by atoms with van der Waals surface area (Å²) in [7, 11) is 0. The molecule has 1 saturated heterocycles. The van der Waals surface area contributed by atoms with Gasteiger partial charge in [-0.15, -0.1) is 12.4 Å². The van der Waals surface area contributed by atoms with E-state index in [4.69, 9.17) is 10.2 Å². The lowest BCUT2D eigenvalue weighted by Gasteiger charge is -2.33. The van der Waals surface area contributed by atoms with Crippen molar-refractivity contribution in [2.75, 3.05) is 18.8 Å². The van der Waals surface area contributed by atoms with Crippen molar-refractivity contribution in [1.82, 2.24) is 10.2 Å². The number of amides is 1. The average molecular weight is 386 g/mol. The molecule has 3 N–H and O–H groups in total. The van der Waals surface area contributed by atoms with Crippen LogP contribution in [-0.4, -0.2) is 29.9 Å². The lowest BCUT2D eigenvalue weighted by molar-refractivity contribution is 0.0875. The second-order valence-electron chi connectivity index (χ2n) is 6.94. The van der Waals surface area contributed by atoms with Gasteiger partial charge in [-0.2, -0.15) is 0 Å². The van der Waals surface area contributed by atoms with Gasteiger partial charge in [-0.05, 0) is 49.2 Å². The Bertz CT molecular complexity index is 891. The normalized spacial score (nSPS) is 17.4. The zero-order valence-corrected chi connectivity index (χ0v) is 15.9. The predicted molar refractivity (Wildman–Crippen MR) is 110 cm³/mol. The number of anilines is 1. The van der Waals surface area contributed by atoms with Crippen LogP contribution in [0.1, 0.15) is 29.0 Å². The number of furan rings is 1. The lowest BCUT2D eigenvalue weighted by atomic mass is 10.0. The highest BCUT2D eigenvalue weighted by molar-refractivity contribution is 5.96. The molecular weight excluding hydrogens is 362 g/mol. The molecule has 1 atom stereocenters. The molecule has 142 valence electrons. The second kappa shape index (κ2) is 8.46. The molecule has 27 heavy (non-hydrogen) atoms. The molecule has 2 heterocycles. The number of rotatable bonds is 4. The molecule has 0 radical (unpaired) electrons. The van der Waals surface area contributed by atoms with Crippen LogP contribution in [0.2, 0.25) is 0 Å². The third-order valence-electron chi connectivity index (χ3n) is 4.85. The van der Waals surface area contributed by atoms with Crippen molar-refractivity contribution in [3.63, 3.8) is 0 Å². The fourth-order valence-electron chi connectivity index (χ4n) is 3.62. The van der Waals surface area contributed by atoms with E-state index in [2.05, 4.69) is 16.3 Å². The molecular formula is C21H24ClN3O2. The first kappa shape index (κ1) is 19.3. The first-order valence-electron chi connectivity index (χ1n) is 9.03. The Morgan fingerprint density at radius 3 is 2.85 bits per heavy atom. The first-order valence-corrected chi connectivity index (χ1v) is 9.03. The molecule has 4 rings (SSSR count). The van der Waals surface area contributed by atoms with E-state index in [0.717, 1.165) is 49.1 Å². The number of para-hydroxylation sites is 1. The zero-order valence-electron chi connectivity index (χ0n) is 15.1. The third-order valence-corrected chi connectivity index (χ3v) is 4.85. The SMILES string of the molecule is Cl.Nc1cccc(CN2CCCC(NC(=O)c3cc4ccccc4o3)C2)c1. The molecule has 1 aliphatic rings. The van der Waals surface area contributed by atoms with Crippen molar-refractivity contribution in [2.24, 2.45) is 0 Å². The standard InChI is InChI=1S/C21H23N3O2.ClH/c22-17-7-3-5-15(11-17)13-24-10-4-8-18(14-24)23-21(25)20-12-16-6-1-2-9-19(16)26-20;/h1-3,5-7,9,11-12,18H,4,8,10,13-14,22H2,(H,23,25);1H. The summed E-state index contributed by atoms with van der Waals surface area (Å²) in [4.78, 5) is 14.9. The van der Waals surface area contributed by atoms with Gasteiger partial charge in [0.25, 0.3) is 5.91 Å². The molecule has 0 spiro atoms. The van der Waals surface area contributed by atoms with Crippen molar-refractivity contribution in [1.29, 1.82) is 0 Å². The Morgan fingerprint density at radius 1 is 1.19 bits per heavy atom. The summed E-state index contributed by atoms with van der Waals surface area (Å²) >= 11 is 0. The highest BCUT2D eigenvalue weighted by atomic mass is 35.5. The van der Waals surface area contributed by atoms with Crippen LogP contribution in [0.4, 0.5) is 5.69 Å². The summed E-state index contributed by atoms with van der Waals surface area (Å²) in [5.74, 6) is 0.233. The molecule has 1 amide bonds. The summed E-state index contributed by atoms with van der Waals surface area (Å²) < 4.78 is 5.67. The van der Waals surface area contributed by atoms with Crippen molar-refractivity contribution in [3.05, 3.63) is 65.9 Å². The molecule has 5 nitrogen and oxygen atoms in total. The van der Waals surface area contributed by atoms with Crippen LogP contribution < -0.4 is 11.1 Å². The molecule has 2 aromatic carbocycles. The van der Waals surface area contributed by atoms with Crippen molar-refractivity contribution < 1.29 is 9.21 Å². The molecule has 0 aliphatic carbocycles. The zero-order chi connectivity index (χ0) is 17.9. The van der Waals surface area contributed by atoms with E-state index in [1.165, 1.54) is 5.56 Å². The van der Waals surface area contributed by atoms with Crippen molar-refractivity contribution in [3.8, 4) is 0 Å². The Labute approximate surface area is 164 Å². The number of nitrogens with zero attached hydrogens (tertiary/aromatic N) is 1. The molecule has 0 bridgehead atoms. The Morgan fingerprint density at radius 2 is 2.04 bits per heavy atom. The van der Waals surface area contributed by atoms with Crippen molar-refractivity contribution in [2.45, 2.75) is 25.4 Å². The highest BCUT2D eigenvalue weighted by Crippen LogP contribution is 2.20. The number of piperidine rings is 1. The van der Waals surface area contributed by atoms with E-state index in [1.807, 2.05) is 42.5 Å². The number of hydrogen-bond donors (Lipinski definition) is 2. The van der Waals surface area contributed by atoms with Crippen LogP contribution in [0.3, 0.4) is 0 Å². The molecule has 3 aromatic rings. The number of nitrogen functional groups attached to an aromatic ring is 1. The molecule has 1 fully saturated rings. The summed E-state index contributed by atoms with van der Waals surface area (Å²) in [5, 5.41) is 4.07. The minimum Gasteiger partial charge on any atom is -0.451 e. The van der Waals surface area contributed by atoms with E-state index < -0.39 is 0 Å². The summed E-state index contributed by atoms with van der Waals surface area (Å²) in [6.45, 7) is 2.72. The van der Waals surface area contributed by atoms with E-state index in [-0.39, 0.29) is 24.4 Å². The highest BCUT2D eigenvalue weighted by Gasteiger charge is 2.23. The molecule has 1 aliphatic heterocycles. The molecule has 6 heteroatoms. The summed E-state index contributed by atoms with van der Waals surface area (Å²) in [6.07, 6.45) is 2.05. The van der Waals surface area contributed by atoms with E-state index in [0.29, 0.717) is 5.76 Å². The largest absolute Gasteiger partial charge is 0.451 e. The molecule has 1 aromatic heterocycles. The van der Waals surface area contributed by atoms with Gasteiger partial charge in [0, 0.05) is 30.2 Å². The molecule has 0 saturated carbocycles. The Kier molecular flexibility index (Phi) is 6.04. The maximum Gasteiger partial charge on any atom is 0.287 e. The van der Waals surface area contributed by atoms with Crippen LogP contribution in [0.15, 0.2) is 59.0 Å². The van der Waals surface area contributed by atoms with Gasteiger partial charge in [0.1, 0.15) is 5.58 Å². The summed E-state index contributed by atoms with van der Waals surface area (Å²) in [5.41, 5.74) is 8.60. The fourth-order valence-corrected chi connectivity index (χ4v) is 3.62. The van der Waals surface area contributed by atoms with Crippen LogP contribution in [0.25, 0.3) is 11.0 Å². The number of nitrogens with two attached hydrogens (primary N) is 1. The summed E-state index contributed by atoms with van der Waals surface area (Å²) in [6, 6.07) is 17.6. The van der Waals surface area contributed by atoms with Gasteiger partial charge < -0.3 is 15.5 Å². The number of likely N-dealkylation sites (tertiary alicyclic amines) is 1. The minimum atomic E-state index is -0.142. The number of hydrogen-bond acceptors (Lipinski definition) is 4. The average Bonchev–Trinajstić information content (AvgIpc) is 3.06. The second-order valence-corrected chi connectivity index (χ2v) is 6.94. The number of benzene rings is 2. The van der Waals surface area contributed by atoms with Gasteiger partial charge >= 0.3 is 0 Å². The number of halogens is 1. The van der Waals surface area contributed by atoms with E-state index >= 15 is 0 Å². The van der Waals surface area contributed by atoms with Gasteiger partial charge in [0.15, 0.2) is 5.76 Å². The fraction of sp³-hybridized carbons (Fsp3) is 0.286. The monoisotopic (exact) mass is 385 g/mol. The maximum absolute atomic E-state index is 12.6. The number of nitrogens with one attached hydrogen (secondary N) is 1. The van der Waals surface area contributed by atoms with Crippen LogP contribution in [0.5, 0.6) is 0 Å². The number of carbonyl (C=O) groups excluding carboxylic acids is 1. The lowest BCUT2D eigenvalue weighted by Crippen LogP contribution is -2.47. The maximum atomic E-state index is 12.6. The minimum absolute atomic E-state index is 0. The van der Waals surface area contributed by atoms with E-state index in [1.54, 1.807) is 6.07 Å². The Balaban J connectivity index is 0.00000210. The smallest absolute Gasteiger partial charge is 0.287 e. The topological polar surface area (TPSA) is 71.5 Å².